The number of nitriles is 1. The van der Waals surface area contributed by atoms with Gasteiger partial charge in [0.15, 0.2) is 5.17 Å². The molecule has 0 amide bonds. The van der Waals surface area contributed by atoms with E-state index in [1.807, 2.05) is 24.3 Å². The largest absolute Gasteiger partial charge is 0.378 e. The molecule has 0 bridgehead atoms. The summed E-state index contributed by atoms with van der Waals surface area (Å²) < 4.78 is 0. The van der Waals surface area contributed by atoms with Crippen LogP contribution in [0, 0.1) is 11.3 Å². The predicted octanol–water partition coefficient (Wildman–Crippen LogP) is 2.21. The van der Waals surface area contributed by atoms with Crippen LogP contribution < -0.4 is 5.73 Å². The third-order valence-electron chi connectivity index (χ3n) is 1.68. The van der Waals surface area contributed by atoms with Crippen LogP contribution in [0.5, 0.6) is 0 Å². The summed E-state index contributed by atoms with van der Waals surface area (Å²) in [5.41, 5.74) is 6.59. The fraction of sp³-hybridized carbons (Fsp3) is 0.200. The van der Waals surface area contributed by atoms with Crippen molar-refractivity contribution in [1.82, 2.24) is 0 Å². The lowest BCUT2D eigenvalue weighted by Crippen LogP contribution is -2.06. The van der Waals surface area contributed by atoms with Gasteiger partial charge >= 0.3 is 0 Å². The maximum Gasteiger partial charge on any atom is 0.158 e. The van der Waals surface area contributed by atoms with E-state index < -0.39 is 0 Å². The Morgan fingerprint density at radius 1 is 1.53 bits per heavy atom. The Bertz CT molecular complexity index is 384. The van der Waals surface area contributed by atoms with E-state index in [1.54, 1.807) is 7.05 Å². The summed E-state index contributed by atoms with van der Waals surface area (Å²) in [6.45, 7) is 0. The number of thioether (sulfide) groups is 1. The van der Waals surface area contributed by atoms with Gasteiger partial charge in [0.05, 0.1) is 12.5 Å². The summed E-state index contributed by atoms with van der Waals surface area (Å²) in [6.07, 6.45) is 0.403. The van der Waals surface area contributed by atoms with Crippen molar-refractivity contribution in [1.29, 1.82) is 5.26 Å². The molecule has 0 aliphatic carbocycles. The topological polar surface area (TPSA) is 62.2 Å². The van der Waals surface area contributed by atoms with Crippen molar-refractivity contribution in [2.24, 2.45) is 10.7 Å². The standard InChI is InChI=1S/C10H11N3S.ClH/c1-13-10(12)14-9-5-3-2-4-8(9)6-7-11;/h2-5H,6H2,1H3,(H2,12,13);1H. The molecule has 0 saturated carbocycles. The van der Waals surface area contributed by atoms with Crippen LogP contribution >= 0.6 is 24.2 Å². The first-order valence-corrected chi connectivity index (χ1v) is 4.94. The van der Waals surface area contributed by atoms with Gasteiger partial charge in [0.1, 0.15) is 0 Å². The molecule has 0 radical (unpaired) electrons. The zero-order chi connectivity index (χ0) is 10.4. The number of aliphatic imine (C=N–C) groups is 1. The van der Waals surface area contributed by atoms with Gasteiger partial charge < -0.3 is 5.73 Å². The Morgan fingerprint density at radius 3 is 2.80 bits per heavy atom. The van der Waals surface area contributed by atoms with Crippen molar-refractivity contribution in [3.05, 3.63) is 29.8 Å². The van der Waals surface area contributed by atoms with Crippen LogP contribution in [0.15, 0.2) is 34.2 Å². The SMILES string of the molecule is CN=C(N)Sc1ccccc1CC#N.Cl. The van der Waals surface area contributed by atoms with Crippen molar-refractivity contribution >= 4 is 29.3 Å². The number of nitrogens with zero attached hydrogens (tertiary/aromatic N) is 2. The molecule has 1 aromatic carbocycles. The summed E-state index contributed by atoms with van der Waals surface area (Å²) in [5, 5.41) is 9.12. The zero-order valence-electron chi connectivity index (χ0n) is 8.30. The predicted molar refractivity (Wildman–Crippen MR) is 66.4 cm³/mol. The molecule has 80 valence electrons. The lowest BCUT2D eigenvalue weighted by Gasteiger charge is -2.04. The van der Waals surface area contributed by atoms with Crippen LogP contribution in [-0.4, -0.2) is 12.2 Å². The summed E-state index contributed by atoms with van der Waals surface area (Å²) >= 11 is 1.39. The number of rotatable bonds is 2. The average Bonchev–Trinajstić information content (AvgIpc) is 2.21. The fourth-order valence-corrected chi connectivity index (χ4v) is 1.73. The van der Waals surface area contributed by atoms with Crippen molar-refractivity contribution in [2.75, 3.05) is 7.05 Å². The molecule has 0 unspecified atom stereocenters. The number of halogens is 1. The first-order valence-electron chi connectivity index (χ1n) is 4.13. The van der Waals surface area contributed by atoms with Crippen molar-refractivity contribution in [3.63, 3.8) is 0 Å². The maximum atomic E-state index is 8.61. The van der Waals surface area contributed by atoms with Crippen molar-refractivity contribution in [2.45, 2.75) is 11.3 Å². The molecule has 0 spiro atoms. The molecule has 0 fully saturated rings. The number of hydrogen-bond donors (Lipinski definition) is 1. The summed E-state index contributed by atoms with van der Waals surface area (Å²) in [4.78, 5) is 4.86. The van der Waals surface area contributed by atoms with E-state index in [1.165, 1.54) is 11.8 Å². The molecule has 0 heterocycles. The lowest BCUT2D eigenvalue weighted by molar-refractivity contribution is 1.18. The van der Waals surface area contributed by atoms with Gasteiger partial charge in [-0.05, 0) is 11.6 Å². The Kier molecular flexibility index (Phi) is 6.59. The normalized spacial score (nSPS) is 10.3. The van der Waals surface area contributed by atoms with Gasteiger partial charge in [0, 0.05) is 11.9 Å². The van der Waals surface area contributed by atoms with Gasteiger partial charge in [-0.1, -0.05) is 30.0 Å². The Labute approximate surface area is 99.8 Å². The average molecular weight is 242 g/mol. The van der Waals surface area contributed by atoms with Crippen LogP contribution in [0.25, 0.3) is 0 Å². The monoisotopic (exact) mass is 241 g/mol. The maximum absolute atomic E-state index is 8.61. The molecule has 5 heteroatoms. The molecule has 15 heavy (non-hydrogen) atoms. The van der Waals surface area contributed by atoms with Crippen LogP contribution in [0.4, 0.5) is 0 Å². The van der Waals surface area contributed by atoms with E-state index in [2.05, 4.69) is 11.1 Å². The molecule has 3 nitrogen and oxygen atoms in total. The third-order valence-corrected chi connectivity index (χ3v) is 2.69. The second kappa shape index (κ2) is 7.16. The van der Waals surface area contributed by atoms with Crippen molar-refractivity contribution < 1.29 is 0 Å². The minimum atomic E-state index is 0. The number of hydrogen-bond acceptors (Lipinski definition) is 3. The van der Waals surface area contributed by atoms with Crippen LogP contribution in [-0.2, 0) is 6.42 Å². The summed E-state index contributed by atoms with van der Waals surface area (Å²) in [7, 11) is 1.65. The summed E-state index contributed by atoms with van der Waals surface area (Å²) in [5.74, 6) is 0. The molecular weight excluding hydrogens is 230 g/mol. The van der Waals surface area contributed by atoms with Crippen molar-refractivity contribution in [3.8, 4) is 6.07 Å². The summed E-state index contributed by atoms with van der Waals surface area (Å²) in [6, 6.07) is 9.82. The molecule has 0 aliphatic rings. The van der Waals surface area contributed by atoms with Gasteiger partial charge in [-0.2, -0.15) is 5.26 Å². The highest BCUT2D eigenvalue weighted by Crippen LogP contribution is 2.22. The van der Waals surface area contributed by atoms with Crippen LogP contribution in [0.1, 0.15) is 5.56 Å². The first-order chi connectivity index (χ1) is 6.77. The van der Waals surface area contributed by atoms with E-state index in [9.17, 15) is 0 Å². The van der Waals surface area contributed by atoms with E-state index in [0.717, 1.165) is 10.5 Å². The van der Waals surface area contributed by atoms with E-state index in [-0.39, 0.29) is 12.4 Å². The quantitative estimate of drug-likeness (QED) is 0.491. The number of nitrogens with two attached hydrogens (primary N) is 1. The van der Waals surface area contributed by atoms with E-state index in [4.69, 9.17) is 11.0 Å². The lowest BCUT2D eigenvalue weighted by atomic mass is 10.2. The number of amidine groups is 1. The molecular formula is C10H12ClN3S. The zero-order valence-corrected chi connectivity index (χ0v) is 9.94. The smallest absolute Gasteiger partial charge is 0.158 e. The van der Waals surface area contributed by atoms with Crippen LogP contribution in [0.2, 0.25) is 0 Å². The van der Waals surface area contributed by atoms with Gasteiger partial charge in [0.25, 0.3) is 0 Å². The highest BCUT2D eigenvalue weighted by Gasteiger charge is 2.03. The van der Waals surface area contributed by atoms with Gasteiger partial charge in [-0.25, -0.2) is 0 Å². The van der Waals surface area contributed by atoms with Gasteiger partial charge in [-0.15, -0.1) is 12.4 Å². The minimum Gasteiger partial charge on any atom is -0.378 e. The molecule has 1 rings (SSSR count). The Morgan fingerprint density at radius 2 is 2.20 bits per heavy atom. The number of benzene rings is 1. The second-order valence-corrected chi connectivity index (χ2v) is 3.67. The molecule has 0 saturated heterocycles. The molecule has 1 aromatic rings. The first kappa shape index (κ1) is 13.8. The van der Waals surface area contributed by atoms with Gasteiger partial charge in [-0.3, -0.25) is 4.99 Å². The molecule has 2 N–H and O–H groups in total. The minimum absolute atomic E-state index is 0. The van der Waals surface area contributed by atoms with Crippen LogP contribution in [0.3, 0.4) is 0 Å². The van der Waals surface area contributed by atoms with E-state index in [0.29, 0.717) is 11.6 Å². The Hall–Kier alpha value is -1.18. The fourth-order valence-electron chi connectivity index (χ4n) is 0.993. The van der Waals surface area contributed by atoms with E-state index >= 15 is 0 Å². The van der Waals surface area contributed by atoms with Gasteiger partial charge in [0.2, 0.25) is 0 Å². The molecule has 0 aliphatic heterocycles. The highest BCUT2D eigenvalue weighted by atomic mass is 35.5. The third kappa shape index (κ3) is 4.24. The molecule has 0 atom stereocenters. The Balaban J connectivity index is 0.00000196. The second-order valence-electron chi connectivity index (χ2n) is 2.61. The molecule has 0 aromatic heterocycles. The highest BCUT2D eigenvalue weighted by molar-refractivity contribution is 8.13.